The summed E-state index contributed by atoms with van der Waals surface area (Å²) in [5.74, 6) is 0.0791. The molecule has 220 valence electrons. The Morgan fingerprint density at radius 1 is 1.10 bits per heavy atom. The molecule has 3 aromatic rings. The van der Waals surface area contributed by atoms with Crippen molar-refractivity contribution in [2.75, 3.05) is 31.5 Å². The van der Waals surface area contributed by atoms with Crippen LogP contribution in [0.1, 0.15) is 70.5 Å². The van der Waals surface area contributed by atoms with E-state index in [0.29, 0.717) is 43.3 Å². The number of H-pyrrole nitrogens is 1. The van der Waals surface area contributed by atoms with Gasteiger partial charge in [0.15, 0.2) is 5.13 Å². The van der Waals surface area contributed by atoms with E-state index in [1.165, 1.54) is 17.8 Å². The molecule has 1 aromatic carbocycles. The molecule has 10 nitrogen and oxygen atoms in total. The summed E-state index contributed by atoms with van der Waals surface area (Å²) >= 11 is 1.29. The van der Waals surface area contributed by atoms with Crippen molar-refractivity contribution in [3.05, 3.63) is 45.8 Å². The van der Waals surface area contributed by atoms with Crippen LogP contribution in [0.4, 0.5) is 5.13 Å². The monoisotopic (exact) mass is 580 g/mol. The van der Waals surface area contributed by atoms with Gasteiger partial charge in [-0.25, -0.2) is 9.78 Å². The second kappa shape index (κ2) is 13.0. The van der Waals surface area contributed by atoms with Crippen LogP contribution in [0.5, 0.6) is 0 Å². The maximum Gasteiger partial charge on any atom is 0.326 e. The van der Waals surface area contributed by atoms with Crippen molar-refractivity contribution >= 4 is 45.2 Å². The number of nitrogens with zero attached hydrogens (tertiary/aromatic N) is 4. The van der Waals surface area contributed by atoms with Crippen LogP contribution in [0.2, 0.25) is 0 Å². The first-order valence-electron chi connectivity index (χ1n) is 14.8. The molecular weight excluding hydrogens is 540 g/mol. The summed E-state index contributed by atoms with van der Waals surface area (Å²) in [5, 5.41) is 5.06. The molecule has 41 heavy (non-hydrogen) atoms. The lowest BCUT2D eigenvalue weighted by Crippen LogP contribution is -2.43. The molecule has 5 rings (SSSR count). The molecule has 1 saturated heterocycles. The van der Waals surface area contributed by atoms with Crippen LogP contribution in [0.15, 0.2) is 34.4 Å². The number of para-hydroxylation sites is 2. The molecule has 2 aromatic heterocycles. The van der Waals surface area contributed by atoms with E-state index in [1.807, 2.05) is 47.6 Å². The van der Waals surface area contributed by atoms with E-state index in [4.69, 9.17) is 0 Å². The molecule has 2 fully saturated rings. The highest BCUT2D eigenvalue weighted by molar-refractivity contribution is 7.13. The summed E-state index contributed by atoms with van der Waals surface area (Å²) in [7, 11) is 0. The van der Waals surface area contributed by atoms with E-state index < -0.39 is 0 Å². The number of imidazole rings is 1. The number of likely N-dealkylation sites (tertiary alicyclic amines) is 1. The molecule has 0 bridgehead atoms. The summed E-state index contributed by atoms with van der Waals surface area (Å²) in [5.41, 5.74) is 2.22. The molecule has 2 N–H and O–H groups in total. The van der Waals surface area contributed by atoms with Crippen molar-refractivity contribution in [1.29, 1.82) is 0 Å². The zero-order valence-corrected chi connectivity index (χ0v) is 24.8. The SMILES string of the molecule is CC(C)CN(CC(=O)Nc1nc(CC(=O)N2CCC(n3c(=O)[nH]c4ccccc43)CC2)cs1)C(=O)C1CCCCC1. The third-order valence-corrected chi connectivity index (χ3v) is 8.93. The van der Waals surface area contributed by atoms with Crippen molar-refractivity contribution in [2.24, 2.45) is 11.8 Å². The number of anilines is 1. The summed E-state index contributed by atoms with van der Waals surface area (Å²) in [6.07, 6.45) is 6.69. The summed E-state index contributed by atoms with van der Waals surface area (Å²) in [4.78, 5) is 62.5. The number of hydrogen-bond acceptors (Lipinski definition) is 6. The van der Waals surface area contributed by atoms with Crippen LogP contribution >= 0.6 is 11.3 Å². The predicted molar refractivity (Wildman–Crippen MR) is 160 cm³/mol. The molecule has 1 aliphatic heterocycles. The zero-order chi connectivity index (χ0) is 28.9. The van der Waals surface area contributed by atoms with Gasteiger partial charge in [0.05, 0.1) is 29.7 Å². The minimum absolute atomic E-state index is 0.00974. The molecule has 1 saturated carbocycles. The maximum absolute atomic E-state index is 13.1. The smallest absolute Gasteiger partial charge is 0.326 e. The van der Waals surface area contributed by atoms with Gasteiger partial charge >= 0.3 is 5.69 Å². The lowest BCUT2D eigenvalue weighted by atomic mass is 9.88. The van der Waals surface area contributed by atoms with Crippen molar-refractivity contribution < 1.29 is 14.4 Å². The molecule has 0 spiro atoms. The van der Waals surface area contributed by atoms with Gasteiger partial charge in [-0.1, -0.05) is 45.2 Å². The Morgan fingerprint density at radius 2 is 1.83 bits per heavy atom. The van der Waals surface area contributed by atoms with Crippen molar-refractivity contribution in [3.63, 3.8) is 0 Å². The van der Waals surface area contributed by atoms with Gasteiger partial charge in [-0.2, -0.15) is 0 Å². The number of nitrogens with one attached hydrogen (secondary N) is 2. The quantitative estimate of drug-likeness (QED) is 0.393. The Morgan fingerprint density at radius 3 is 2.56 bits per heavy atom. The topological polar surface area (TPSA) is 120 Å². The van der Waals surface area contributed by atoms with Gasteiger partial charge < -0.3 is 20.1 Å². The molecule has 3 amide bonds. The van der Waals surface area contributed by atoms with E-state index in [-0.39, 0.29) is 54.3 Å². The Labute approximate surface area is 244 Å². The number of fused-ring (bicyclic) bond motifs is 1. The van der Waals surface area contributed by atoms with Crippen molar-refractivity contribution in [3.8, 4) is 0 Å². The Balaban J connectivity index is 1.12. The van der Waals surface area contributed by atoms with E-state index in [0.717, 1.165) is 36.7 Å². The largest absolute Gasteiger partial charge is 0.342 e. The van der Waals surface area contributed by atoms with Crippen LogP contribution < -0.4 is 11.0 Å². The molecule has 11 heteroatoms. The molecule has 1 aliphatic carbocycles. The lowest BCUT2D eigenvalue weighted by Gasteiger charge is -2.32. The number of amides is 3. The fraction of sp³-hybridized carbons (Fsp3) is 0.567. The normalized spacial score (nSPS) is 16.8. The number of rotatable bonds is 9. The second-order valence-corrected chi connectivity index (χ2v) is 12.6. The van der Waals surface area contributed by atoms with Gasteiger partial charge in [0.25, 0.3) is 0 Å². The lowest BCUT2D eigenvalue weighted by molar-refractivity contribution is -0.139. The third-order valence-electron chi connectivity index (χ3n) is 8.12. The minimum atomic E-state index is -0.267. The van der Waals surface area contributed by atoms with Crippen LogP contribution in [-0.4, -0.2) is 68.2 Å². The summed E-state index contributed by atoms with van der Waals surface area (Å²) < 4.78 is 1.82. The average Bonchev–Trinajstić information content (AvgIpc) is 3.54. The highest BCUT2D eigenvalue weighted by Crippen LogP contribution is 2.27. The van der Waals surface area contributed by atoms with Crippen LogP contribution in [0, 0.1) is 11.8 Å². The van der Waals surface area contributed by atoms with Gasteiger partial charge in [-0.3, -0.25) is 19.0 Å². The van der Waals surface area contributed by atoms with Gasteiger partial charge in [-0.05, 0) is 43.7 Å². The highest BCUT2D eigenvalue weighted by Gasteiger charge is 2.29. The van der Waals surface area contributed by atoms with Gasteiger partial charge in [0.2, 0.25) is 17.7 Å². The number of thiazole rings is 1. The Kier molecular flexibility index (Phi) is 9.22. The number of piperidine rings is 1. The number of hydrogen-bond donors (Lipinski definition) is 2. The molecule has 0 unspecified atom stereocenters. The standard InChI is InChI=1S/C30H40N6O4S/c1-20(2)17-35(28(39)21-8-4-3-5-9-21)18-26(37)33-29-31-22(19-41-29)16-27(38)34-14-12-23(13-15-34)36-25-11-7-6-10-24(25)32-30(36)40/h6-7,10-11,19-21,23H,3-5,8-9,12-18H2,1-2H3,(H,32,40)(H,31,33,37). The van der Waals surface area contributed by atoms with Crippen molar-refractivity contribution in [2.45, 2.75) is 71.3 Å². The first-order chi connectivity index (χ1) is 19.8. The van der Waals surface area contributed by atoms with Gasteiger partial charge in [0, 0.05) is 37.0 Å². The molecule has 2 aliphatic rings. The van der Waals surface area contributed by atoms with Gasteiger partial charge in [-0.15, -0.1) is 11.3 Å². The number of aromatic amines is 1. The first-order valence-corrected chi connectivity index (χ1v) is 15.7. The third kappa shape index (κ3) is 7.06. The molecule has 0 atom stereocenters. The van der Waals surface area contributed by atoms with Crippen LogP contribution in [0.3, 0.4) is 0 Å². The van der Waals surface area contributed by atoms with Crippen molar-refractivity contribution in [1.82, 2.24) is 24.3 Å². The molecule has 0 radical (unpaired) electrons. The van der Waals surface area contributed by atoms with Crippen LogP contribution in [0.25, 0.3) is 11.0 Å². The summed E-state index contributed by atoms with van der Waals surface area (Å²) in [6.45, 7) is 5.80. The van der Waals surface area contributed by atoms with E-state index >= 15 is 0 Å². The van der Waals surface area contributed by atoms with Crippen LogP contribution in [-0.2, 0) is 20.8 Å². The maximum atomic E-state index is 13.1. The Hall–Kier alpha value is -3.47. The summed E-state index contributed by atoms with van der Waals surface area (Å²) in [6, 6.07) is 7.71. The fourth-order valence-electron chi connectivity index (χ4n) is 6.14. The molecule has 3 heterocycles. The van der Waals surface area contributed by atoms with E-state index in [1.54, 1.807) is 10.3 Å². The second-order valence-electron chi connectivity index (χ2n) is 11.7. The number of aromatic nitrogens is 3. The highest BCUT2D eigenvalue weighted by atomic mass is 32.1. The fourth-order valence-corrected chi connectivity index (χ4v) is 6.86. The Bertz CT molecular complexity index is 1430. The molecular formula is C30H40N6O4S. The zero-order valence-electron chi connectivity index (χ0n) is 23.9. The first kappa shape index (κ1) is 29.0. The van der Waals surface area contributed by atoms with E-state index in [2.05, 4.69) is 15.3 Å². The van der Waals surface area contributed by atoms with E-state index in [9.17, 15) is 19.2 Å². The number of carbonyl (C=O) groups is 3. The predicted octanol–water partition coefficient (Wildman–Crippen LogP) is 4.20. The number of benzene rings is 1. The number of carbonyl (C=O) groups excluding carboxylic acids is 3. The average molecular weight is 581 g/mol. The minimum Gasteiger partial charge on any atom is -0.342 e. The van der Waals surface area contributed by atoms with Gasteiger partial charge in [0.1, 0.15) is 0 Å².